The van der Waals surface area contributed by atoms with Gasteiger partial charge < -0.3 is 13.9 Å². The van der Waals surface area contributed by atoms with Gasteiger partial charge in [0.05, 0.1) is 11.2 Å². The standard InChI is InChI=1S/C20H26BNO3S/c1-14(23)26-13-17(21-24-19(2,3)20(4,5)25-21)12-15-7-8-18-16(11-15)9-10-22(18)6/h7-12H,13H2,1-6H3. The number of hydrogen-bond donors (Lipinski definition) is 0. The topological polar surface area (TPSA) is 40.5 Å². The second-order valence-corrected chi connectivity index (χ2v) is 8.98. The smallest absolute Gasteiger partial charge is 0.400 e. The number of rotatable bonds is 4. The van der Waals surface area contributed by atoms with E-state index in [-0.39, 0.29) is 5.12 Å². The van der Waals surface area contributed by atoms with Crippen molar-refractivity contribution in [3.8, 4) is 0 Å². The number of fused-ring (bicyclic) bond motifs is 1. The molecule has 0 spiro atoms. The van der Waals surface area contributed by atoms with Gasteiger partial charge in [-0.15, -0.1) is 0 Å². The normalized spacial score (nSPS) is 19.3. The highest BCUT2D eigenvalue weighted by Crippen LogP contribution is 2.39. The lowest BCUT2D eigenvalue weighted by molar-refractivity contribution is -0.109. The van der Waals surface area contributed by atoms with Crippen molar-refractivity contribution in [2.45, 2.75) is 45.8 Å². The molecule has 0 radical (unpaired) electrons. The van der Waals surface area contributed by atoms with Crippen LogP contribution in [0.25, 0.3) is 17.0 Å². The molecule has 2 heterocycles. The summed E-state index contributed by atoms with van der Waals surface area (Å²) in [6, 6.07) is 8.46. The molecule has 0 N–H and O–H groups in total. The summed E-state index contributed by atoms with van der Waals surface area (Å²) in [6.45, 7) is 9.75. The quantitative estimate of drug-likeness (QED) is 0.744. The van der Waals surface area contributed by atoms with Crippen molar-refractivity contribution in [1.29, 1.82) is 0 Å². The van der Waals surface area contributed by atoms with E-state index in [1.54, 1.807) is 6.92 Å². The van der Waals surface area contributed by atoms with E-state index in [1.807, 2.05) is 34.7 Å². The summed E-state index contributed by atoms with van der Waals surface area (Å²) < 4.78 is 14.5. The van der Waals surface area contributed by atoms with Crippen LogP contribution in [0.3, 0.4) is 0 Å². The van der Waals surface area contributed by atoms with Crippen molar-refractivity contribution >= 4 is 41.0 Å². The first-order valence-corrected chi connectivity index (χ1v) is 9.82. The van der Waals surface area contributed by atoms with Crippen LogP contribution in [0.4, 0.5) is 0 Å². The Morgan fingerprint density at radius 2 is 1.85 bits per heavy atom. The maximum atomic E-state index is 11.5. The van der Waals surface area contributed by atoms with E-state index >= 15 is 0 Å². The second kappa shape index (κ2) is 6.91. The number of benzene rings is 1. The number of aryl methyl sites for hydroxylation is 1. The maximum absolute atomic E-state index is 11.5. The van der Waals surface area contributed by atoms with Gasteiger partial charge in [-0.05, 0) is 56.9 Å². The maximum Gasteiger partial charge on any atom is 0.491 e. The fourth-order valence-electron chi connectivity index (χ4n) is 2.96. The van der Waals surface area contributed by atoms with Crippen LogP contribution in [-0.4, -0.2) is 33.8 Å². The Morgan fingerprint density at radius 3 is 2.46 bits per heavy atom. The highest BCUT2D eigenvalue weighted by atomic mass is 32.2. The van der Waals surface area contributed by atoms with Crippen molar-refractivity contribution in [3.05, 3.63) is 41.5 Å². The van der Waals surface area contributed by atoms with Gasteiger partial charge in [-0.1, -0.05) is 23.9 Å². The number of nitrogens with zero attached hydrogens (tertiary/aromatic N) is 1. The van der Waals surface area contributed by atoms with E-state index in [4.69, 9.17) is 9.31 Å². The van der Waals surface area contributed by atoms with E-state index in [0.29, 0.717) is 5.75 Å². The fourth-order valence-corrected chi connectivity index (χ4v) is 3.55. The third-order valence-electron chi connectivity index (χ3n) is 5.26. The summed E-state index contributed by atoms with van der Waals surface area (Å²) in [7, 11) is 1.59. The highest BCUT2D eigenvalue weighted by Gasteiger charge is 2.52. The minimum Gasteiger partial charge on any atom is -0.400 e. The van der Waals surface area contributed by atoms with Gasteiger partial charge in [0, 0.05) is 36.8 Å². The van der Waals surface area contributed by atoms with Crippen LogP contribution < -0.4 is 0 Å². The fraction of sp³-hybridized carbons (Fsp3) is 0.450. The van der Waals surface area contributed by atoms with Crippen LogP contribution in [0, 0.1) is 0 Å². The van der Waals surface area contributed by atoms with Gasteiger partial charge in [0.2, 0.25) is 0 Å². The summed E-state index contributed by atoms with van der Waals surface area (Å²) in [5.74, 6) is 0.555. The molecule has 1 aliphatic rings. The molecule has 0 saturated carbocycles. The molecule has 3 rings (SSSR count). The van der Waals surface area contributed by atoms with E-state index in [9.17, 15) is 4.79 Å². The average molecular weight is 371 g/mol. The summed E-state index contributed by atoms with van der Waals surface area (Å²) in [5, 5.41) is 1.28. The Kier molecular flexibility index (Phi) is 5.12. The van der Waals surface area contributed by atoms with Gasteiger partial charge in [0.25, 0.3) is 0 Å². The average Bonchev–Trinajstić information content (AvgIpc) is 3.00. The van der Waals surface area contributed by atoms with Crippen molar-refractivity contribution in [3.63, 3.8) is 0 Å². The van der Waals surface area contributed by atoms with Crippen molar-refractivity contribution in [2.24, 2.45) is 7.05 Å². The van der Waals surface area contributed by atoms with Crippen LogP contribution in [0.5, 0.6) is 0 Å². The van der Waals surface area contributed by atoms with Crippen LogP contribution in [0.1, 0.15) is 40.2 Å². The summed E-state index contributed by atoms with van der Waals surface area (Å²) in [6.07, 6.45) is 4.14. The first-order chi connectivity index (χ1) is 12.1. The number of thioether (sulfide) groups is 1. The van der Waals surface area contributed by atoms with Gasteiger partial charge in [-0.3, -0.25) is 4.79 Å². The molecule has 1 fully saturated rings. The molecule has 0 unspecified atom stereocenters. The zero-order valence-electron chi connectivity index (χ0n) is 16.3. The first kappa shape index (κ1) is 19.3. The monoisotopic (exact) mass is 371 g/mol. The minimum atomic E-state index is -0.446. The second-order valence-electron chi connectivity index (χ2n) is 7.83. The Bertz CT molecular complexity index is 853. The van der Waals surface area contributed by atoms with E-state index in [2.05, 4.69) is 41.1 Å². The third kappa shape index (κ3) is 3.78. The summed E-state index contributed by atoms with van der Waals surface area (Å²) in [5.41, 5.74) is 2.44. The Balaban J connectivity index is 1.94. The first-order valence-electron chi connectivity index (χ1n) is 8.84. The molecule has 1 aliphatic heterocycles. The van der Waals surface area contributed by atoms with Gasteiger partial charge >= 0.3 is 7.12 Å². The van der Waals surface area contributed by atoms with Crippen molar-refractivity contribution in [2.75, 3.05) is 5.75 Å². The van der Waals surface area contributed by atoms with Gasteiger partial charge in [0.1, 0.15) is 0 Å². The Hall–Kier alpha value is -1.50. The number of carbonyl (C=O) groups is 1. The van der Waals surface area contributed by atoms with Crippen LogP contribution >= 0.6 is 11.8 Å². The molecule has 4 nitrogen and oxygen atoms in total. The molecule has 26 heavy (non-hydrogen) atoms. The predicted octanol–water partition coefficient (Wildman–Crippen LogP) is 4.47. The van der Waals surface area contributed by atoms with Crippen LogP contribution in [-0.2, 0) is 21.2 Å². The molecule has 1 aromatic heterocycles. The van der Waals surface area contributed by atoms with Gasteiger partial charge in [-0.2, -0.15) is 0 Å². The van der Waals surface area contributed by atoms with E-state index in [0.717, 1.165) is 11.0 Å². The molecule has 6 heteroatoms. The van der Waals surface area contributed by atoms with Crippen LogP contribution in [0.15, 0.2) is 35.9 Å². The number of aromatic nitrogens is 1. The van der Waals surface area contributed by atoms with E-state index in [1.165, 1.54) is 22.7 Å². The molecule has 0 atom stereocenters. The summed E-state index contributed by atoms with van der Waals surface area (Å²) in [4.78, 5) is 11.5. The molecular weight excluding hydrogens is 345 g/mol. The largest absolute Gasteiger partial charge is 0.491 e. The van der Waals surface area contributed by atoms with Gasteiger partial charge in [-0.25, -0.2) is 0 Å². The lowest BCUT2D eigenvalue weighted by Crippen LogP contribution is -2.41. The molecule has 138 valence electrons. The minimum absolute atomic E-state index is 0.0888. The molecule has 0 amide bonds. The van der Waals surface area contributed by atoms with Crippen LogP contribution in [0.2, 0.25) is 0 Å². The zero-order valence-corrected chi connectivity index (χ0v) is 17.1. The van der Waals surface area contributed by atoms with Crippen molar-refractivity contribution < 1.29 is 14.1 Å². The molecular formula is C20H26BNO3S. The molecule has 1 aromatic carbocycles. The lowest BCUT2D eigenvalue weighted by atomic mass is 9.78. The third-order valence-corrected chi connectivity index (χ3v) is 6.14. The Morgan fingerprint density at radius 1 is 1.19 bits per heavy atom. The number of hydrogen-bond acceptors (Lipinski definition) is 4. The molecule has 1 saturated heterocycles. The zero-order chi connectivity index (χ0) is 19.1. The molecule has 0 bridgehead atoms. The van der Waals surface area contributed by atoms with Crippen molar-refractivity contribution in [1.82, 2.24) is 4.57 Å². The molecule has 0 aliphatic carbocycles. The molecule has 2 aromatic rings. The number of carbonyl (C=O) groups excluding carboxylic acids is 1. The predicted molar refractivity (Wildman–Crippen MR) is 110 cm³/mol. The summed E-state index contributed by atoms with van der Waals surface area (Å²) >= 11 is 1.28. The SMILES string of the molecule is CC(=O)SCC(=Cc1ccc2c(ccn2C)c1)B1OC(C)(C)C(C)(C)O1. The van der Waals surface area contributed by atoms with E-state index < -0.39 is 18.3 Å². The van der Waals surface area contributed by atoms with Gasteiger partial charge in [0.15, 0.2) is 5.12 Å². The highest BCUT2D eigenvalue weighted by molar-refractivity contribution is 8.13. The lowest BCUT2D eigenvalue weighted by Gasteiger charge is -2.32. The Labute approximate surface area is 160 Å².